The average Bonchev–Trinajstić information content (AvgIpc) is 0.722. The van der Waals surface area contributed by atoms with Crippen LogP contribution in [0.25, 0.3) is 0 Å². The third kappa shape index (κ3) is 112. The van der Waals surface area contributed by atoms with Gasteiger partial charge in [-0.25, -0.2) is 8.42 Å². The van der Waals surface area contributed by atoms with Gasteiger partial charge in [-0.15, -0.1) is 0 Å². The van der Waals surface area contributed by atoms with E-state index in [0.717, 1.165) is 0 Å². The molecule has 0 aromatic heterocycles. The van der Waals surface area contributed by atoms with Gasteiger partial charge >= 0.3 is 37.7 Å². The maximum atomic E-state index is 8.63. The summed E-state index contributed by atoms with van der Waals surface area (Å²) in [5, 5.41) is 0. The largest absolute Gasteiger partial charge is 1.00 e. The number of halogens is 1. The monoisotopic (exact) mass is 238 g/mol. The van der Waals surface area contributed by atoms with E-state index < -0.39 is 10.4 Å². The van der Waals surface area contributed by atoms with E-state index in [1.165, 1.54) is 0 Å². The number of rotatable bonds is 0. The Morgan fingerprint density at radius 1 is 1.25 bits per heavy atom. The van der Waals surface area contributed by atoms with E-state index in [-0.39, 0.29) is 61.7 Å². The van der Waals surface area contributed by atoms with Crippen molar-refractivity contribution in [2.24, 2.45) is 0 Å². The molecule has 0 unspecified atom stereocenters. The van der Waals surface area contributed by atoms with Crippen molar-refractivity contribution >= 4 is 10.4 Å². The fourth-order valence-electron chi connectivity index (χ4n) is 0. The SMILES string of the molecule is O=S(=O)([O-])O.[I-].[Li+].[Li+]. The zero-order chi connectivity index (χ0) is 4.50. The summed E-state index contributed by atoms with van der Waals surface area (Å²) in [4.78, 5) is 0. The second-order valence-corrected chi connectivity index (χ2v) is 1.28. The maximum absolute atomic E-state index is 8.63. The number of hydrogen-bond donors (Lipinski definition) is 1. The molecule has 4 nitrogen and oxygen atoms in total. The summed E-state index contributed by atoms with van der Waals surface area (Å²) in [5.41, 5.74) is 0. The Bertz CT molecular complexity index is 97.2. The molecule has 0 aliphatic rings. The molecule has 0 aromatic carbocycles. The molecule has 1 N–H and O–H groups in total. The summed E-state index contributed by atoms with van der Waals surface area (Å²) in [6.07, 6.45) is 0. The Hall–Kier alpha value is 1.79. The van der Waals surface area contributed by atoms with Gasteiger partial charge in [-0.2, -0.15) is 0 Å². The van der Waals surface area contributed by atoms with Crippen molar-refractivity contribution in [2.75, 3.05) is 0 Å². The van der Waals surface area contributed by atoms with Crippen LogP contribution in [0.15, 0.2) is 0 Å². The minimum atomic E-state index is -4.92. The van der Waals surface area contributed by atoms with Crippen LogP contribution in [0.4, 0.5) is 0 Å². The van der Waals surface area contributed by atoms with Crippen LogP contribution in [-0.2, 0) is 10.4 Å². The van der Waals surface area contributed by atoms with Crippen LogP contribution in [0.1, 0.15) is 0 Å². The first-order chi connectivity index (χ1) is 2.00. The normalized spacial score (nSPS) is 7.25. The zero-order valence-electron chi connectivity index (χ0n) is 4.46. The Labute approximate surface area is 88.7 Å². The van der Waals surface area contributed by atoms with Gasteiger partial charge < -0.3 is 28.5 Å². The quantitative estimate of drug-likeness (QED) is 0.197. The van der Waals surface area contributed by atoms with E-state index in [0.29, 0.717) is 0 Å². The minimum absolute atomic E-state index is 0. The Morgan fingerprint density at radius 2 is 1.25 bits per heavy atom. The van der Waals surface area contributed by atoms with Crippen LogP contribution in [0.2, 0.25) is 0 Å². The summed E-state index contributed by atoms with van der Waals surface area (Å²) in [6.45, 7) is 0. The Morgan fingerprint density at radius 3 is 1.25 bits per heavy atom. The Kier molecular flexibility index (Phi) is 24.8. The van der Waals surface area contributed by atoms with Crippen LogP contribution >= 0.6 is 0 Å². The van der Waals surface area contributed by atoms with Crippen molar-refractivity contribution in [3.8, 4) is 0 Å². The van der Waals surface area contributed by atoms with Crippen LogP contribution in [0.3, 0.4) is 0 Å². The smallest absolute Gasteiger partial charge is 1.00 e. The third-order valence-electron chi connectivity index (χ3n) is 0. The summed E-state index contributed by atoms with van der Waals surface area (Å²) in [6, 6.07) is 0. The predicted octanol–water partition coefficient (Wildman–Crippen LogP) is -9.98. The van der Waals surface area contributed by atoms with Crippen molar-refractivity contribution in [1.29, 1.82) is 0 Å². The van der Waals surface area contributed by atoms with Crippen molar-refractivity contribution in [3.63, 3.8) is 0 Å². The molecule has 8 heteroatoms. The Balaban J connectivity index is -0.0000000267. The molecule has 0 aliphatic heterocycles. The van der Waals surface area contributed by atoms with Crippen molar-refractivity contribution in [2.45, 2.75) is 0 Å². The van der Waals surface area contributed by atoms with E-state index in [2.05, 4.69) is 0 Å². The standard InChI is InChI=1S/HI.2Li.H2O4S/c;;;1-5(2,3)4/h1H;;;(H2,1,2,3,4)/q;2*+1;/p-2. The fraction of sp³-hybridized carbons (Fsp3) is 0. The van der Waals surface area contributed by atoms with Crippen molar-refractivity contribution < 1.29 is 79.2 Å². The summed E-state index contributed by atoms with van der Waals surface area (Å²) < 4.78 is 32.8. The van der Waals surface area contributed by atoms with Gasteiger partial charge in [-0.05, 0) is 0 Å². The van der Waals surface area contributed by atoms with E-state index in [1.807, 2.05) is 0 Å². The van der Waals surface area contributed by atoms with E-state index in [4.69, 9.17) is 17.5 Å². The molecule has 40 valence electrons. The van der Waals surface area contributed by atoms with Crippen LogP contribution in [0.5, 0.6) is 0 Å². The molecule has 0 saturated carbocycles. The summed E-state index contributed by atoms with van der Waals surface area (Å²) in [7, 11) is -4.92. The third-order valence-corrected chi connectivity index (χ3v) is 0. The number of hydrogen-bond acceptors (Lipinski definition) is 3. The van der Waals surface area contributed by atoms with Gasteiger partial charge in [0.25, 0.3) is 0 Å². The molecule has 8 heavy (non-hydrogen) atoms. The summed E-state index contributed by atoms with van der Waals surface area (Å²) >= 11 is 0. The van der Waals surface area contributed by atoms with E-state index >= 15 is 0 Å². The van der Waals surface area contributed by atoms with Gasteiger partial charge in [0.05, 0.1) is 0 Å². The van der Waals surface area contributed by atoms with Crippen LogP contribution < -0.4 is 61.7 Å². The first-order valence-corrected chi connectivity index (χ1v) is 2.05. The molecule has 0 amide bonds. The first kappa shape index (κ1) is 22.6. The molecule has 0 spiro atoms. The van der Waals surface area contributed by atoms with E-state index in [9.17, 15) is 0 Å². The van der Waals surface area contributed by atoms with Crippen molar-refractivity contribution in [1.82, 2.24) is 0 Å². The second kappa shape index (κ2) is 8.79. The molecule has 0 atom stereocenters. The fourth-order valence-corrected chi connectivity index (χ4v) is 0. The van der Waals surface area contributed by atoms with E-state index in [1.54, 1.807) is 0 Å². The predicted molar refractivity (Wildman–Crippen MR) is 12.3 cm³/mol. The molecule has 0 aromatic rings. The topological polar surface area (TPSA) is 77.4 Å². The first-order valence-electron chi connectivity index (χ1n) is 0.683. The zero-order valence-corrected chi connectivity index (χ0v) is 7.43. The van der Waals surface area contributed by atoms with Gasteiger partial charge in [0, 0.05) is 0 Å². The van der Waals surface area contributed by atoms with Gasteiger partial charge in [0.1, 0.15) is 0 Å². The molecular weight excluding hydrogens is 237 g/mol. The molecule has 0 radical (unpaired) electrons. The van der Waals surface area contributed by atoms with Gasteiger partial charge in [0.2, 0.25) is 10.4 Å². The minimum Gasteiger partial charge on any atom is -1.00 e. The molecule has 0 heterocycles. The van der Waals surface area contributed by atoms with Crippen LogP contribution in [0, 0.1) is 0 Å². The molecule has 0 saturated heterocycles. The molecule has 0 rings (SSSR count). The maximum Gasteiger partial charge on any atom is 1.00 e. The molecule has 0 aliphatic carbocycles. The molecular formula is HILi2O4S. The van der Waals surface area contributed by atoms with Gasteiger partial charge in [0.15, 0.2) is 0 Å². The van der Waals surface area contributed by atoms with Gasteiger partial charge in [-0.3, -0.25) is 4.55 Å². The average molecular weight is 238 g/mol. The van der Waals surface area contributed by atoms with Crippen molar-refractivity contribution in [3.05, 3.63) is 0 Å². The van der Waals surface area contributed by atoms with Crippen LogP contribution in [-0.4, -0.2) is 17.5 Å². The molecule has 0 bridgehead atoms. The molecule has 0 fully saturated rings. The second-order valence-electron chi connectivity index (χ2n) is 0.428. The summed E-state index contributed by atoms with van der Waals surface area (Å²) in [5.74, 6) is 0. The van der Waals surface area contributed by atoms with Gasteiger partial charge in [-0.1, -0.05) is 0 Å².